The highest BCUT2D eigenvalue weighted by Crippen LogP contribution is 2.30. The lowest BCUT2D eigenvalue weighted by Gasteiger charge is -2.24. The van der Waals surface area contributed by atoms with Crippen molar-refractivity contribution >= 4 is 24.4 Å². The molecule has 0 saturated carbocycles. The summed E-state index contributed by atoms with van der Waals surface area (Å²) in [4.78, 5) is 6.73. The van der Waals surface area contributed by atoms with Crippen molar-refractivity contribution in [3.8, 4) is 0 Å². The summed E-state index contributed by atoms with van der Waals surface area (Å²) in [6.07, 6.45) is 6.00. The lowest BCUT2D eigenvalue weighted by atomic mass is 9.60. The minimum absolute atomic E-state index is 0.329. The topological polar surface area (TPSA) is 20.0 Å². The Balaban J connectivity index is 2.17. The first-order valence-corrected chi connectivity index (χ1v) is 6.14. The molecule has 0 aromatic carbocycles. The second-order valence-electron chi connectivity index (χ2n) is 4.55. The van der Waals surface area contributed by atoms with Gasteiger partial charge in [-0.15, -0.1) is 0 Å². The summed E-state index contributed by atoms with van der Waals surface area (Å²) in [6, 6.07) is 10.3. The third-order valence-electron chi connectivity index (χ3n) is 3.29. The van der Waals surface area contributed by atoms with Gasteiger partial charge in [0.1, 0.15) is 11.4 Å². The molecular formula is C14H15BN3+. The third-order valence-corrected chi connectivity index (χ3v) is 3.29. The number of rotatable bonds is 1. The molecule has 3 rings (SSSR count). The minimum Gasteiger partial charge on any atom is -0.286 e. The second-order valence-corrected chi connectivity index (χ2v) is 4.55. The number of pyridine rings is 2. The maximum Gasteiger partial charge on any atom is 0.402 e. The molecule has 0 amide bonds. The van der Waals surface area contributed by atoms with Crippen LogP contribution in [-0.4, -0.2) is 11.8 Å². The fourth-order valence-electron chi connectivity index (χ4n) is 2.37. The third kappa shape index (κ3) is 1.70. The number of nitrogens with zero attached hydrogens (tertiary/aromatic N) is 3. The molecule has 88 valence electrons. The van der Waals surface area contributed by atoms with Crippen LogP contribution >= 0.6 is 0 Å². The first-order chi connectivity index (χ1) is 8.77. The highest BCUT2D eigenvalue weighted by molar-refractivity contribution is 6.69. The number of aryl methyl sites for hydroxylation is 1. The molecule has 0 unspecified atom stereocenters. The predicted octanol–water partition coefficient (Wildman–Crippen LogP) is 2.23. The fraction of sp³-hybridized carbons (Fsp3) is 0.143. The standard InChI is InChI=1S/C14H15BN3/c1-15-9-8-12-13(6-5-10-16-12)18(15)14-7-3-4-11-17(14)2/h3-11H,1-2H3/q+1. The van der Waals surface area contributed by atoms with Crippen LogP contribution in [0.25, 0.3) is 6.08 Å². The molecule has 4 heteroatoms. The smallest absolute Gasteiger partial charge is 0.286 e. The normalized spacial score (nSPS) is 13.7. The van der Waals surface area contributed by atoms with Crippen molar-refractivity contribution in [3.05, 3.63) is 54.4 Å². The van der Waals surface area contributed by atoms with Crippen molar-refractivity contribution in [3.63, 3.8) is 0 Å². The number of fused-ring (bicyclic) bond motifs is 1. The fourth-order valence-corrected chi connectivity index (χ4v) is 2.37. The van der Waals surface area contributed by atoms with Crippen molar-refractivity contribution in [1.82, 2.24) is 4.98 Å². The van der Waals surface area contributed by atoms with Crippen LogP contribution in [0.5, 0.6) is 0 Å². The van der Waals surface area contributed by atoms with Crippen LogP contribution in [0.2, 0.25) is 6.82 Å². The van der Waals surface area contributed by atoms with Crippen LogP contribution in [0.4, 0.5) is 11.5 Å². The molecule has 0 N–H and O–H groups in total. The Kier molecular flexibility index (Phi) is 2.63. The zero-order chi connectivity index (χ0) is 12.5. The first kappa shape index (κ1) is 11.0. The first-order valence-electron chi connectivity index (χ1n) is 6.14. The molecule has 0 atom stereocenters. The van der Waals surface area contributed by atoms with E-state index in [9.17, 15) is 0 Å². The lowest BCUT2D eigenvalue weighted by Crippen LogP contribution is -2.43. The molecule has 0 aliphatic carbocycles. The molecule has 3 heterocycles. The van der Waals surface area contributed by atoms with Gasteiger partial charge in [-0.3, -0.25) is 9.79 Å². The van der Waals surface area contributed by atoms with Gasteiger partial charge in [-0.25, -0.2) is 4.57 Å². The molecule has 2 aromatic rings. The predicted molar refractivity (Wildman–Crippen MR) is 74.6 cm³/mol. The molecule has 1 aliphatic rings. The van der Waals surface area contributed by atoms with Crippen LogP contribution < -0.4 is 9.38 Å². The number of aromatic nitrogens is 2. The maximum absolute atomic E-state index is 4.42. The van der Waals surface area contributed by atoms with Crippen LogP contribution in [0.1, 0.15) is 5.69 Å². The van der Waals surface area contributed by atoms with E-state index < -0.39 is 0 Å². The van der Waals surface area contributed by atoms with E-state index in [4.69, 9.17) is 0 Å². The highest BCUT2D eigenvalue weighted by Gasteiger charge is 2.32. The molecule has 0 spiro atoms. The van der Waals surface area contributed by atoms with Crippen LogP contribution in [0.3, 0.4) is 0 Å². The summed E-state index contributed by atoms with van der Waals surface area (Å²) in [5.41, 5.74) is 2.19. The molecule has 0 bridgehead atoms. The van der Waals surface area contributed by atoms with Gasteiger partial charge in [0.15, 0.2) is 0 Å². The molecule has 0 fully saturated rings. The summed E-state index contributed by atoms with van der Waals surface area (Å²) in [5.74, 6) is 3.35. The Morgan fingerprint density at radius 1 is 1.22 bits per heavy atom. The van der Waals surface area contributed by atoms with Gasteiger partial charge >= 0.3 is 6.85 Å². The van der Waals surface area contributed by atoms with Gasteiger partial charge in [-0.05, 0) is 31.1 Å². The molecule has 3 nitrogen and oxygen atoms in total. The van der Waals surface area contributed by atoms with E-state index in [1.54, 1.807) is 0 Å². The van der Waals surface area contributed by atoms with Crippen molar-refractivity contribution in [2.24, 2.45) is 7.05 Å². The average Bonchev–Trinajstić information content (AvgIpc) is 2.40. The van der Waals surface area contributed by atoms with Gasteiger partial charge in [-0.2, -0.15) is 0 Å². The maximum atomic E-state index is 4.42. The average molecular weight is 236 g/mol. The summed E-state index contributed by atoms with van der Waals surface area (Å²) >= 11 is 0. The van der Waals surface area contributed by atoms with Gasteiger partial charge in [0.25, 0.3) is 5.82 Å². The van der Waals surface area contributed by atoms with Crippen molar-refractivity contribution < 1.29 is 4.57 Å². The van der Waals surface area contributed by atoms with E-state index >= 15 is 0 Å². The number of hydrogen-bond donors (Lipinski definition) is 0. The largest absolute Gasteiger partial charge is 0.402 e. The zero-order valence-corrected chi connectivity index (χ0v) is 10.6. The highest BCUT2D eigenvalue weighted by atomic mass is 15.2. The van der Waals surface area contributed by atoms with E-state index in [0.29, 0.717) is 6.85 Å². The van der Waals surface area contributed by atoms with Crippen molar-refractivity contribution in [2.75, 3.05) is 4.81 Å². The quantitative estimate of drug-likeness (QED) is 0.559. The van der Waals surface area contributed by atoms with E-state index in [0.717, 1.165) is 11.4 Å². The molecule has 18 heavy (non-hydrogen) atoms. The summed E-state index contributed by atoms with van der Waals surface area (Å²) in [7, 11) is 2.07. The van der Waals surface area contributed by atoms with Crippen molar-refractivity contribution in [2.45, 2.75) is 6.82 Å². The van der Waals surface area contributed by atoms with E-state index in [2.05, 4.69) is 64.7 Å². The molecule has 2 aromatic heterocycles. The Morgan fingerprint density at radius 3 is 2.94 bits per heavy atom. The van der Waals surface area contributed by atoms with Gasteiger partial charge in [0.2, 0.25) is 0 Å². The SMILES string of the molecule is CB1C=Cc2ncccc2N1c1cccc[n+]1C. The summed E-state index contributed by atoms with van der Waals surface area (Å²) < 4.78 is 2.13. The van der Waals surface area contributed by atoms with E-state index in [-0.39, 0.29) is 0 Å². The summed E-state index contributed by atoms with van der Waals surface area (Å²) in [5, 5.41) is 0. The molecule has 0 radical (unpaired) electrons. The van der Waals surface area contributed by atoms with E-state index in [1.807, 2.05) is 18.3 Å². The number of anilines is 2. The Bertz CT molecular complexity index is 609. The van der Waals surface area contributed by atoms with Gasteiger partial charge in [0.05, 0.1) is 13.2 Å². The van der Waals surface area contributed by atoms with E-state index in [1.165, 1.54) is 5.82 Å². The number of hydrogen-bond acceptors (Lipinski definition) is 2. The summed E-state index contributed by atoms with van der Waals surface area (Å²) in [6.45, 7) is 2.52. The van der Waals surface area contributed by atoms with Crippen molar-refractivity contribution in [1.29, 1.82) is 0 Å². The Hall–Kier alpha value is -2.10. The van der Waals surface area contributed by atoms with Gasteiger partial charge < -0.3 is 0 Å². The van der Waals surface area contributed by atoms with Gasteiger partial charge in [-0.1, -0.05) is 12.0 Å². The molecule has 0 saturated heterocycles. The monoisotopic (exact) mass is 236 g/mol. The lowest BCUT2D eigenvalue weighted by molar-refractivity contribution is -0.658. The Morgan fingerprint density at radius 2 is 2.11 bits per heavy atom. The zero-order valence-electron chi connectivity index (χ0n) is 10.6. The molecule has 1 aliphatic heterocycles. The van der Waals surface area contributed by atoms with Crippen LogP contribution in [0.15, 0.2) is 48.7 Å². The van der Waals surface area contributed by atoms with Crippen LogP contribution in [0, 0.1) is 0 Å². The van der Waals surface area contributed by atoms with Gasteiger partial charge in [0, 0.05) is 12.3 Å². The molecular weight excluding hydrogens is 221 g/mol. The minimum atomic E-state index is 0.329. The second kappa shape index (κ2) is 4.29. The van der Waals surface area contributed by atoms with Crippen LogP contribution in [-0.2, 0) is 7.05 Å². The Labute approximate surface area is 108 Å².